The van der Waals surface area contributed by atoms with E-state index >= 15 is 0 Å². The molecule has 0 unspecified atom stereocenters. The van der Waals surface area contributed by atoms with Crippen molar-refractivity contribution >= 4 is 142 Å². The lowest BCUT2D eigenvalue weighted by atomic mass is 9.90. The number of benzene rings is 13. The van der Waals surface area contributed by atoms with Crippen LogP contribution in [0, 0.1) is 0 Å². The summed E-state index contributed by atoms with van der Waals surface area (Å²) in [4.78, 5) is 10.4. The fourth-order valence-corrected chi connectivity index (χ4v) is 17.6. The minimum atomic E-state index is 1.10. The van der Waals surface area contributed by atoms with E-state index in [1.165, 1.54) is 153 Å². The maximum atomic E-state index is 3.83. The predicted molar refractivity (Wildman–Crippen MR) is 395 cm³/mol. The highest BCUT2D eigenvalue weighted by molar-refractivity contribution is 9.11. The molecule has 4 aromatic heterocycles. The number of hydrogen-bond donors (Lipinski definition) is 0. The summed E-state index contributed by atoms with van der Waals surface area (Å²) in [6.45, 7) is 0. The zero-order valence-corrected chi connectivity index (χ0v) is 53.8. The van der Waals surface area contributed by atoms with E-state index in [1.54, 1.807) is 0 Å². The molecule has 0 N–H and O–H groups in total. The maximum Gasteiger partial charge on any atom is 0.0361 e. The molecule has 17 aromatic rings. The van der Waals surface area contributed by atoms with Crippen LogP contribution in [0.3, 0.4) is 0 Å². The Balaban J connectivity index is 0.000000114. The van der Waals surface area contributed by atoms with Crippen LogP contribution in [0.4, 0.5) is 0 Å². The second kappa shape index (κ2) is 24.7. The highest BCUT2D eigenvalue weighted by Gasteiger charge is 2.21. The first-order valence-corrected chi connectivity index (χ1v) is 34.1. The van der Waals surface area contributed by atoms with Gasteiger partial charge in [-0.05, 0) is 170 Å². The molecule has 0 aliphatic rings. The Bertz CT molecular complexity index is 5240. The van der Waals surface area contributed by atoms with Gasteiger partial charge in [-0.2, -0.15) is 0 Å². The van der Waals surface area contributed by atoms with Crippen LogP contribution in [0.1, 0.15) is 0 Å². The fourth-order valence-electron chi connectivity index (χ4n) is 12.2. The minimum Gasteiger partial charge on any atom is -0.135 e. The van der Waals surface area contributed by atoms with Crippen LogP contribution in [0.15, 0.2) is 324 Å². The van der Waals surface area contributed by atoms with Gasteiger partial charge < -0.3 is 0 Å². The van der Waals surface area contributed by atoms with Gasteiger partial charge in [-0.15, -0.1) is 45.3 Å². The molecular weight excluding hydrogens is 1270 g/mol. The first-order valence-electron chi connectivity index (χ1n) is 29.2. The Morgan fingerprint density at radius 1 is 0.182 bits per heavy atom. The molecule has 0 nitrogen and oxygen atoms in total. The summed E-state index contributed by atoms with van der Waals surface area (Å²) in [6.07, 6.45) is 0. The molecule has 0 saturated carbocycles. The molecule has 6 heteroatoms. The molecule has 0 saturated heterocycles. The molecule has 13 aromatic carbocycles. The van der Waals surface area contributed by atoms with Crippen LogP contribution >= 0.6 is 77.2 Å². The van der Waals surface area contributed by atoms with Crippen LogP contribution in [0.2, 0.25) is 0 Å². The summed E-state index contributed by atoms with van der Waals surface area (Å²) < 4.78 is 2.27. The first-order chi connectivity index (χ1) is 43.5. The molecule has 0 amide bonds. The van der Waals surface area contributed by atoms with Gasteiger partial charge in [-0.1, -0.05) is 265 Å². The standard InChI is InChI=1S/C34H21BrS2.C24H15BrS.C24H16S/c35-24-15-16-27-28(21-24)34(32-20-18-30(37-32)23-11-5-2-6-12-23)26-14-8-7-13-25(26)33(27)31-19-17-29(36-31)22-9-3-1-4-10-22;25-24-19-12-6-4-10-17(19)23(18-11-5-7-13-20(18)24)22-15-14-21(26-22)16-8-2-1-3-9-16;1-2-8-17(9-3-1)22-14-15-23(25-22)24-20-12-6-4-10-18(20)16-19-11-5-7-13-21(19)24/h1-21H;1-15H;1-16H. The molecule has 418 valence electrons. The van der Waals surface area contributed by atoms with E-state index in [4.69, 9.17) is 0 Å². The molecule has 88 heavy (non-hydrogen) atoms. The second-order valence-corrected chi connectivity index (χ2v) is 27.6. The molecule has 4 heterocycles. The van der Waals surface area contributed by atoms with Gasteiger partial charge in [0.1, 0.15) is 0 Å². The van der Waals surface area contributed by atoms with Gasteiger partial charge >= 0.3 is 0 Å². The van der Waals surface area contributed by atoms with Crippen molar-refractivity contribution in [3.8, 4) is 83.5 Å². The lowest BCUT2D eigenvalue weighted by Crippen LogP contribution is -1.88. The van der Waals surface area contributed by atoms with Gasteiger partial charge in [0.25, 0.3) is 0 Å². The van der Waals surface area contributed by atoms with Crippen LogP contribution in [0.5, 0.6) is 0 Å². The lowest BCUT2D eigenvalue weighted by Gasteiger charge is -2.16. The summed E-state index contributed by atoms with van der Waals surface area (Å²) in [6, 6.07) is 113. The van der Waals surface area contributed by atoms with Gasteiger partial charge in [-0.3, -0.25) is 0 Å². The largest absolute Gasteiger partial charge is 0.135 e. The maximum absolute atomic E-state index is 3.83. The van der Waals surface area contributed by atoms with Crippen LogP contribution in [-0.2, 0) is 0 Å². The van der Waals surface area contributed by atoms with Crippen molar-refractivity contribution in [3.05, 3.63) is 324 Å². The Labute approximate surface area is 544 Å². The predicted octanol–water partition coefficient (Wildman–Crippen LogP) is 27.1. The summed E-state index contributed by atoms with van der Waals surface area (Å²) in [7, 11) is 0. The summed E-state index contributed by atoms with van der Waals surface area (Å²) in [5.41, 5.74) is 10.4. The van der Waals surface area contributed by atoms with Crippen LogP contribution in [0.25, 0.3) is 148 Å². The topological polar surface area (TPSA) is 0 Å². The van der Waals surface area contributed by atoms with Crippen molar-refractivity contribution in [3.63, 3.8) is 0 Å². The van der Waals surface area contributed by atoms with Gasteiger partial charge in [0.2, 0.25) is 0 Å². The SMILES string of the molecule is Brc1c2ccccc2c(-c2ccc(-c3ccccc3)s2)c2ccccc12.Brc1ccc2c(-c3ccc(-c4ccccc4)s3)c3ccccc3c(-c3ccc(-c4ccccc4)s3)c2c1.c1ccc(-c2ccc(-c3c4ccccc4cc4ccccc34)s2)cc1. The molecular formula is C82H52Br2S4. The third-order valence-corrected chi connectivity index (χ3v) is 22.2. The molecule has 0 fully saturated rings. The third-order valence-electron chi connectivity index (χ3n) is 16.3. The van der Waals surface area contributed by atoms with E-state index < -0.39 is 0 Å². The van der Waals surface area contributed by atoms with E-state index in [1.807, 2.05) is 45.3 Å². The average molecular weight is 1330 g/mol. The Kier molecular flexibility index (Phi) is 15.7. The van der Waals surface area contributed by atoms with Crippen molar-refractivity contribution in [2.24, 2.45) is 0 Å². The Hall–Kier alpha value is -8.82. The number of hydrogen-bond acceptors (Lipinski definition) is 4. The monoisotopic (exact) mass is 1320 g/mol. The zero-order valence-electron chi connectivity index (χ0n) is 47.4. The van der Waals surface area contributed by atoms with Crippen LogP contribution in [-0.4, -0.2) is 0 Å². The minimum absolute atomic E-state index is 1.10. The molecule has 0 aliphatic heterocycles. The van der Waals surface area contributed by atoms with Crippen molar-refractivity contribution in [2.45, 2.75) is 0 Å². The van der Waals surface area contributed by atoms with Gasteiger partial charge in [0, 0.05) is 70.2 Å². The smallest absolute Gasteiger partial charge is 0.0361 e. The highest BCUT2D eigenvalue weighted by Crippen LogP contribution is 2.50. The highest BCUT2D eigenvalue weighted by atomic mass is 79.9. The lowest BCUT2D eigenvalue weighted by molar-refractivity contribution is 1.70. The summed E-state index contributed by atoms with van der Waals surface area (Å²) >= 11 is 15.1. The van der Waals surface area contributed by atoms with Crippen molar-refractivity contribution < 1.29 is 0 Å². The van der Waals surface area contributed by atoms with Crippen molar-refractivity contribution in [1.29, 1.82) is 0 Å². The van der Waals surface area contributed by atoms with E-state index in [2.05, 4.69) is 347 Å². The van der Waals surface area contributed by atoms with Gasteiger partial charge in [0.15, 0.2) is 0 Å². The Morgan fingerprint density at radius 3 is 0.784 bits per heavy atom. The molecule has 0 radical (unpaired) electrons. The first kappa shape index (κ1) is 55.7. The fraction of sp³-hybridized carbons (Fsp3) is 0. The third kappa shape index (κ3) is 10.8. The van der Waals surface area contributed by atoms with Gasteiger partial charge in [-0.25, -0.2) is 0 Å². The zero-order chi connectivity index (χ0) is 58.9. The van der Waals surface area contributed by atoms with Crippen molar-refractivity contribution in [2.75, 3.05) is 0 Å². The quantitative estimate of drug-likeness (QED) is 0.133. The number of halogens is 2. The number of fused-ring (bicyclic) bond motifs is 6. The van der Waals surface area contributed by atoms with E-state index in [0.717, 1.165) is 4.47 Å². The summed E-state index contributed by atoms with van der Waals surface area (Å²) in [5.74, 6) is 0. The molecule has 0 spiro atoms. The second-order valence-electron chi connectivity index (χ2n) is 21.6. The molecule has 0 bridgehead atoms. The Morgan fingerprint density at radius 2 is 0.432 bits per heavy atom. The number of thiophene rings is 4. The number of rotatable bonds is 8. The average Bonchev–Trinajstić information content (AvgIpc) is 2.52. The van der Waals surface area contributed by atoms with Gasteiger partial charge in [0.05, 0.1) is 0 Å². The molecule has 0 aliphatic carbocycles. The summed E-state index contributed by atoms with van der Waals surface area (Å²) in [5, 5.41) is 15.5. The van der Waals surface area contributed by atoms with E-state index in [0.29, 0.717) is 0 Å². The van der Waals surface area contributed by atoms with Crippen molar-refractivity contribution in [1.82, 2.24) is 0 Å². The molecule has 17 rings (SSSR count). The normalized spacial score (nSPS) is 11.3. The van der Waals surface area contributed by atoms with Crippen LogP contribution < -0.4 is 0 Å². The van der Waals surface area contributed by atoms with E-state index in [9.17, 15) is 0 Å². The molecule has 0 atom stereocenters. The van der Waals surface area contributed by atoms with E-state index in [-0.39, 0.29) is 0 Å².